The molecular formula is C29H28F4N4O. The molecule has 3 aromatic rings. The first-order valence-electron chi connectivity index (χ1n) is 12.6. The zero-order valence-corrected chi connectivity index (χ0v) is 21.0. The molecule has 2 aliphatic heterocycles. The first kappa shape index (κ1) is 25.9. The van der Waals surface area contributed by atoms with Crippen LogP contribution in [-0.4, -0.2) is 60.8 Å². The van der Waals surface area contributed by atoms with Gasteiger partial charge in [0.15, 0.2) is 5.54 Å². The summed E-state index contributed by atoms with van der Waals surface area (Å²) in [6.07, 6.45) is 0.673. The maximum absolute atomic E-state index is 14.2. The van der Waals surface area contributed by atoms with Crippen LogP contribution in [0, 0.1) is 23.3 Å². The number of anilines is 1. The summed E-state index contributed by atoms with van der Waals surface area (Å²) in [5.41, 5.74) is -0.222. The van der Waals surface area contributed by atoms with Crippen LogP contribution in [0.2, 0.25) is 0 Å². The number of rotatable bonds is 7. The lowest BCUT2D eigenvalue weighted by Crippen LogP contribution is -2.47. The van der Waals surface area contributed by atoms with E-state index < -0.39 is 28.8 Å². The molecule has 0 aliphatic carbocycles. The summed E-state index contributed by atoms with van der Waals surface area (Å²) in [5.74, 6) is -1.87. The van der Waals surface area contributed by atoms with Crippen LogP contribution in [0.4, 0.5) is 23.2 Å². The van der Waals surface area contributed by atoms with Gasteiger partial charge < -0.3 is 4.90 Å². The van der Waals surface area contributed by atoms with Crippen LogP contribution in [0.1, 0.15) is 24.5 Å². The van der Waals surface area contributed by atoms with E-state index in [9.17, 15) is 22.4 Å². The summed E-state index contributed by atoms with van der Waals surface area (Å²) < 4.78 is 55.3. The Balaban J connectivity index is 1.25. The second-order valence-electron chi connectivity index (χ2n) is 9.62. The normalized spacial score (nSPS) is 20.2. The van der Waals surface area contributed by atoms with Gasteiger partial charge in [0.1, 0.15) is 29.1 Å². The van der Waals surface area contributed by atoms with Crippen LogP contribution >= 0.6 is 0 Å². The van der Waals surface area contributed by atoms with Gasteiger partial charge in [-0.2, -0.15) is 0 Å². The third-order valence-electron chi connectivity index (χ3n) is 7.26. The van der Waals surface area contributed by atoms with E-state index in [0.29, 0.717) is 61.8 Å². The Bertz CT molecular complexity index is 1350. The Hall–Kier alpha value is -3.72. The number of aliphatic imine (C=N–C) groups is 1. The molecule has 0 bridgehead atoms. The number of hydrogen-bond donors (Lipinski definition) is 0. The zero-order valence-electron chi connectivity index (χ0n) is 21.0. The summed E-state index contributed by atoms with van der Waals surface area (Å²) >= 11 is 0. The molecule has 0 saturated carbocycles. The van der Waals surface area contributed by atoms with Gasteiger partial charge in [-0.3, -0.25) is 14.6 Å². The average molecular weight is 525 g/mol. The average Bonchev–Trinajstić information content (AvgIpc) is 3.15. The van der Waals surface area contributed by atoms with Crippen LogP contribution in [0.15, 0.2) is 71.7 Å². The highest BCUT2D eigenvalue weighted by Crippen LogP contribution is 2.40. The predicted molar refractivity (Wildman–Crippen MR) is 138 cm³/mol. The van der Waals surface area contributed by atoms with Crippen molar-refractivity contribution in [3.8, 4) is 0 Å². The number of benzene rings is 3. The van der Waals surface area contributed by atoms with Crippen LogP contribution in [-0.2, 0) is 10.3 Å². The summed E-state index contributed by atoms with van der Waals surface area (Å²) in [4.78, 5) is 24.4. The molecule has 3 aromatic carbocycles. The largest absolute Gasteiger partial charge is 0.367 e. The lowest BCUT2D eigenvalue weighted by molar-refractivity contribution is -0.130. The summed E-state index contributed by atoms with van der Waals surface area (Å²) in [5, 5.41) is 0. The number of carbonyl (C=O) groups is 1. The Morgan fingerprint density at radius 3 is 2.16 bits per heavy atom. The molecule has 1 amide bonds. The Kier molecular flexibility index (Phi) is 7.21. The molecule has 5 rings (SSSR count). The molecule has 0 N–H and O–H groups in total. The zero-order chi connectivity index (χ0) is 26.9. The molecule has 2 aliphatic rings. The van der Waals surface area contributed by atoms with Gasteiger partial charge in [-0.15, -0.1) is 0 Å². The van der Waals surface area contributed by atoms with E-state index in [4.69, 9.17) is 4.99 Å². The van der Waals surface area contributed by atoms with Crippen molar-refractivity contribution in [2.24, 2.45) is 4.99 Å². The van der Waals surface area contributed by atoms with Crippen molar-refractivity contribution in [1.82, 2.24) is 9.80 Å². The number of carbonyl (C=O) groups excluding carboxylic acids is 1. The molecule has 38 heavy (non-hydrogen) atoms. The van der Waals surface area contributed by atoms with Gasteiger partial charge >= 0.3 is 0 Å². The van der Waals surface area contributed by atoms with Crippen molar-refractivity contribution < 1.29 is 22.4 Å². The number of piperazine rings is 1. The molecular weight excluding hydrogens is 496 g/mol. The Morgan fingerprint density at radius 1 is 0.789 bits per heavy atom. The van der Waals surface area contributed by atoms with E-state index in [2.05, 4.69) is 4.90 Å². The molecule has 0 spiro atoms. The third kappa shape index (κ3) is 4.90. The maximum Gasteiger partial charge on any atom is 0.265 e. The first-order chi connectivity index (χ1) is 18.3. The van der Waals surface area contributed by atoms with Crippen LogP contribution in [0.5, 0.6) is 0 Å². The quantitative estimate of drug-likeness (QED) is 0.411. The fourth-order valence-electron chi connectivity index (χ4n) is 5.31. The van der Waals surface area contributed by atoms with Crippen molar-refractivity contribution in [2.45, 2.75) is 18.9 Å². The van der Waals surface area contributed by atoms with Gasteiger partial charge in [0.05, 0.1) is 5.69 Å². The molecule has 198 valence electrons. The minimum Gasteiger partial charge on any atom is -0.367 e. The molecule has 0 radical (unpaired) electrons. The van der Waals surface area contributed by atoms with Gasteiger partial charge in [-0.1, -0.05) is 24.3 Å². The minimum atomic E-state index is -1.48. The number of halogens is 4. The van der Waals surface area contributed by atoms with E-state index in [-0.39, 0.29) is 5.91 Å². The Morgan fingerprint density at radius 2 is 1.47 bits per heavy atom. The minimum absolute atomic E-state index is 0.302. The highest BCUT2D eigenvalue weighted by Gasteiger charge is 2.50. The monoisotopic (exact) mass is 524 g/mol. The molecule has 1 unspecified atom stereocenters. The first-order valence-corrected chi connectivity index (χ1v) is 12.6. The molecule has 5 nitrogen and oxygen atoms in total. The van der Waals surface area contributed by atoms with E-state index in [1.165, 1.54) is 54.6 Å². The lowest BCUT2D eigenvalue weighted by Gasteiger charge is -2.36. The fourth-order valence-corrected chi connectivity index (χ4v) is 5.31. The van der Waals surface area contributed by atoms with Crippen LogP contribution in [0.3, 0.4) is 0 Å². The van der Waals surface area contributed by atoms with E-state index >= 15 is 0 Å². The Labute approximate surface area is 219 Å². The molecule has 1 fully saturated rings. The second kappa shape index (κ2) is 10.6. The highest BCUT2D eigenvalue weighted by molar-refractivity contribution is 6.09. The molecule has 9 heteroatoms. The van der Waals surface area contributed by atoms with Crippen molar-refractivity contribution in [1.29, 1.82) is 0 Å². The topological polar surface area (TPSA) is 39.2 Å². The maximum atomic E-state index is 14.2. The lowest BCUT2D eigenvalue weighted by atomic mass is 9.82. The van der Waals surface area contributed by atoms with E-state index in [1.54, 1.807) is 17.9 Å². The summed E-state index contributed by atoms with van der Waals surface area (Å²) in [6, 6.07) is 15.0. The second-order valence-corrected chi connectivity index (χ2v) is 9.62. The van der Waals surface area contributed by atoms with E-state index in [1.807, 2.05) is 4.90 Å². The van der Waals surface area contributed by atoms with Gasteiger partial charge in [0.25, 0.3) is 5.91 Å². The van der Waals surface area contributed by atoms with Gasteiger partial charge in [0.2, 0.25) is 0 Å². The highest BCUT2D eigenvalue weighted by atomic mass is 19.1. The van der Waals surface area contributed by atoms with Crippen molar-refractivity contribution >= 4 is 17.4 Å². The summed E-state index contributed by atoms with van der Waals surface area (Å²) in [7, 11) is 0. The fraction of sp³-hybridized carbons (Fsp3) is 0.310. The molecule has 0 aromatic heterocycles. The van der Waals surface area contributed by atoms with Crippen molar-refractivity contribution in [3.05, 3.63) is 101 Å². The van der Waals surface area contributed by atoms with Gasteiger partial charge in [-0.25, -0.2) is 22.6 Å². The molecule has 1 atom stereocenters. The van der Waals surface area contributed by atoms with Crippen LogP contribution < -0.4 is 4.90 Å². The number of nitrogens with zero attached hydrogens (tertiary/aromatic N) is 4. The van der Waals surface area contributed by atoms with Crippen molar-refractivity contribution in [3.63, 3.8) is 0 Å². The standard InChI is InChI=1S/C29H28F4N4O/c1-20-34-29(21-6-8-23(30)9-7-21,22-4-2-5-24(31)18-22)28(38)37(20)13-3-12-35-14-16-36(17-15-35)27-11-10-25(32)19-26(27)33/h2,4-11,18-19H,3,12-17H2,1H3. The van der Waals surface area contributed by atoms with Gasteiger partial charge in [0, 0.05) is 38.8 Å². The summed E-state index contributed by atoms with van der Waals surface area (Å²) in [6.45, 7) is 5.52. The molecule has 2 heterocycles. The van der Waals surface area contributed by atoms with Crippen molar-refractivity contribution in [2.75, 3.05) is 44.2 Å². The third-order valence-corrected chi connectivity index (χ3v) is 7.26. The number of amides is 1. The molecule has 1 saturated heterocycles. The van der Waals surface area contributed by atoms with E-state index in [0.717, 1.165) is 12.6 Å². The predicted octanol–water partition coefficient (Wildman–Crippen LogP) is 4.96. The number of amidine groups is 1. The van der Waals surface area contributed by atoms with Crippen LogP contribution in [0.25, 0.3) is 0 Å². The SMILES string of the molecule is CC1=NC(c2ccc(F)cc2)(c2cccc(F)c2)C(=O)N1CCCN1CCN(c2ccc(F)cc2F)CC1. The number of hydrogen-bond acceptors (Lipinski definition) is 4. The smallest absolute Gasteiger partial charge is 0.265 e. The van der Waals surface area contributed by atoms with Gasteiger partial charge in [-0.05, 0) is 67.4 Å².